The van der Waals surface area contributed by atoms with Gasteiger partial charge < -0.3 is 10.4 Å². The fourth-order valence-corrected chi connectivity index (χ4v) is 3.95. The van der Waals surface area contributed by atoms with Gasteiger partial charge in [0.05, 0.1) is 5.69 Å². The summed E-state index contributed by atoms with van der Waals surface area (Å²) in [5, 5.41) is 16.5. The smallest absolute Gasteiger partial charge is 0.326 e. The van der Waals surface area contributed by atoms with E-state index in [2.05, 4.69) is 27.5 Å². The number of fused-ring (bicyclic) bond motifs is 1. The van der Waals surface area contributed by atoms with Crippen LogP contribution in [-0.2, 0) is 11.2 Å². The molecule has 2 N–H and O–H groups in total. The van der Waals surface area contributed by atoms with Crippen molar-refractivity contribution in [1.82, 2.24) is 20.1 Å². The lowest BCUT2D eigenvalue weighted by atomic mass is 9.79. The summed E-state index contributed by atoms with van der Waals surface area (Å²) in [5.74, 6) is -1.43. The number of nitrogens with zero attached hydrogens (tertiary/aromatic N) is 3. The Balaban J connectivity index is 1.50. The molecule has 148 valence electrons. The van der Waals surface area contributed by atoms with Crippen molar-refractivity contribution in [2.45, 2.75) is 37.6 Å². The highest BCUT2D eigenvalue weighted by atomic mass is 16.4. The van der Waals surface area contributed by atoms with Crippen LogP contribution in [0, 0.1) is 0 Å². The van der Waals surface area contributed by atoms with Gasteiger partial charge in [0.2, 0.25) is 0 Å². The Morgan fingerprint density at radius 2 is 2.07 bits per heavy atom. The number of pyridine rings is 1. The maximum absolute atomic E-state index is 12.7. The lowest BCUT2D eigenvalue weighted by Gasteiger charge is -2.28. The third-order valence-corrected chi connectivity index (χ3v) is 5.36. The van der Waals surface area contributed by atoms with Crippen LogP contribution in [0.4, 0.5) is 0 Å². The predicted molar refractivity (Wildman–Crippen MR) is 107 cm³/mol. The molecule has 2 unspecified atom stereocenters. The number of benzene rings is 1. The van der Waals surface area contributed by atoms with Gasteiger partial charge in [0.15, 0.2) is 0 Å². The number of carbonyl (C=O) groups excluding carboxylic acids is 1. The van der Waals surface area contributed by atoms with E-state index in [4.69, 9.17) is 0 Å². The van der Waals surface area contributed by atoms with E-state index in [1.54, 1.807) is 35.3 Å². The molecule has 0 radical (unpaired) electrons. The molecule has 1 aliphatic carbocycles. The van der Waals surface area contributed by atoms with Crippen molar-refractivity contribution in [3.8, 4) is 5.69 Å². The van der Waals surface area contributed by atoms with E-state index in [1.165, 1.54) is 17.3 Å². The summed E-state index contributed by atoms with van der Waals surface area (Å²) in [5.41, 5.74) is 3.31. The van der Waals surface area contributed by atoms with Crippen LogP contribution in [0.25, 0.3) is 5.69 Å². The third-order valence-electron chi connectivity index (χ3n) is 5.36. The van der Waals surface area contributed by atoms with Crippen molar-refractivity contribution in [2.75, 3.05) is 0 Å². The standard InChI is InChI=1S/C22H22N4O3/c27-21(19-14-17(9-11-23-19)26-12-4-10-24-26)25-20(22(28)29)13-16-7-3-6-15-5-1-2-8-18(15)16/h1-2,4-5,8-12,14,16,20H,3,6-7,13H2,(H,25,27)(H,28,29). The van der Waals surface area contributed by atoms with E-state index in [0.717, 1.165) is 19.3 Å². The van der Waals surface area contributed by atoms with E-state index in [-0.39, 0.29) is 11.6 Å². The number of rotatable bonds is 6. The Labute approximate surface area is 168 Å². The van der Waals surface area contributed by atoms with E-state index < -0.39 is 17.9 Å². The first-order valence-electron chi connectivity index (χ1n) is 9.69. The van der Waals surface area contributed by atoms with E-state index in [1.807, 2.05) is 12.1 Å². The van der Waals surface area contributed by atoms with Crippen molar-refractivity contribution in [3.05, 3.63) is 77.9 Å². The summed E-state index contributed by atoms with van der Waals surface area (Å²) in [6.45, 7) is 0. The van der Waals surface area contributed by atoms with Gasteiger partial charge in [0.25, 0.3) is 5.91 Å². The zero-order valence-electron chi connectivity index (χ0n) is 15.9. The van der Waals surface area contributed by atoms with Crippen LogP contribution in [0.15, 0.2) is 61.1 Å². The van der Waals surface area contributed by atoms with Crippen LogP contribution >= 0.6 is 0 Å². The molecule has 0 spiro atoms. The Morgan fingerprint density at radius 3 is 2.86 bits per heavy atom. The van der Waals surface area contributed by atoms with Gasteiger partial charge in [-0.25, -0.2) is 9.48 Å². The van der Waals surface area contributed by atoms with Gasteiger partial charge in [-0.05, 0) is 60.9 Å². The quantitative estimate of drug-likeness (QED) is 0.674. The van der Waals surface area contributed by atoms with Crippen molar-refractivity contribution < 1.29 is 14.7 Å². The van der Waals surface area contributed by atoms with E-state index in [0.29, 0.717) is 12.1 Å². The van der Waals surface area contributed by atoms with Gasteiger partial charge in [0.1, 0.15) is 11.7 Å². The fraction of sp³-hybridized carbons (Fsp3) is 0.273. The highest BCUT2D eigenvalue weighted by molar-refractivity contribution is 5.95. The van der Waals surface area contributed by atoms with Crippen molar-refractivity contribution in [2.24, 2.45) is 0 Å². The normalized spacial score (nSPS) is 16.6. The fourth-order valence-electron chi connectivity index (χ4n) is 3.95. The van der Waals surface area contributed by atoms with E-state index >= 15 is 0 Å². The molecule has 0 saturated carbocycles. The van der Waals surface area contributed by atoms with Crippen molar-refractivity contribution in [3.63, 3.8) is 0 Å². The average Bonchev–Trinajstić information content (AvgIpc) is 3.28. The zero-order chi connectivity index (χ0) is 20.2. The number of hydrogen-bond donors (Lipinski definition) is 2. The zero-order valence-corrected chi connectivity index (χ0v) is 15.9. The first-order valence-corrected chi connectivity index (χ1v) is 9.69. The Hall–Kier alpha value is -3.48. The molecule has 29 heavy (non-hydrogen) atoms. The molecule has 2 heterocycles. The van der Waals surface area contributed by atoms with Crippen molar-refractivity contribution >= 4 is 11.9 Å². The first-order chi connectivity index (χ1) is 14.1. The SMILES string of the molecule is O=C(NC(CC1CCCc2ccccc21)C(=O)O)c1cc(-n2cccn2)ccn1. The number of amides is 1. The number of nitrogens with one attached hydrogen (secondary N) is 1. The number of aliphatic carboxylic acids is 1. The first kappa shape index (κ1) is 18.9. The van der Waals surface area contributed by atoms with Gasteiger partial charge in [-0.1, -0.05) is 24.3 Å². The highest BCUT2D eigenvalue weighted by Gasteiger charge is 2.28. The summed E-state index contributed by atoms with van der Waals surface area (Å²) in [6, 6.07) is 12.3. The topological polar surface area (TPSA) is 97.1 Å². The number of aryl methyl sites for hydroxylation is 1. The monoisotopic (exact) mass is 390 g/mol. The molecular formula is C22H22N4O3. The summed E-state index contributed by atoms with van der Waals surface area (Å²) in [4.78, 5) is 28.7. The lowest BCUT2D eigenvalue weighted by Crippen LogP contribution is -2.42. The number of carboxylic acid groups (broad SMARTS) is 1. The second-order valence-electron chi connectivity index (χ2n) is 7.24. The molecule has 0 saturated heterocycles. The molecule has 1 amide bonds. The molecule has 7 nitrogen and oxygen atoms in total. The second-order valence-corrected chi connectivity index (χ2v) is 7.24. The van der Waals surface area contributed by atoms with Gasteiger partial charge in [-0.15, -0.1) is 0 Å². The summed E-state index contributed by atoms with van der Waals surface area (Å²) >= 11 is 0. The molecular weight excluding hydrogens is 368 g/mol. The molecule has 7 heteroatoms. The maximum Gasteiger partial charge on any atom is 0.326 e. The van der Waals surface area contributed by atoms with Gasteiger partial charge >= 0.3 is 5.97 Å². The Kier molecular flexibility index (Phi) is 5.37. The molecule has 0 bridgehead atoms. The summed E-state index contributed by atoms with van der Waals surface area (Å²) < 4.78 is 1.62. The van der Waals surface area contributed by atoms with Crippen LogP contribution in [0.3, 0.4) is 0 Å². The Morgan fingerprint density at radius 1 is 1.21 bits per heavy atom. The maximum atomic E-state index is 12.7. The average molecular weight is 390 g/mol. The summed E-state index contributed by atoms with van der Waals surface area (Å²) in [6.07, 6.45) is 8.23. The lowest BCUT2D eigenvalue weighted by molar-refractivity contribution is -0.139. The van der Waals surface area contributed by atoms with Crippen LogP contribution < -0.4 is 5.32 Å². The molecule has 0 aliphatic heterocycles. The third kappa shape index (κ3) is 4.18. The van der Waals surface area contributed by atoms with Crippen LogP contribution in [0.5, 0.6) is 0 Å². The molecule has 1 aromatic carbocycles. The minimum Gasteiger partial charge on any atom is -0.480 e. The number of hydrogen-bond acceptors (Lipinski definition) is 4. The molecule has 0 fully saturated rings. The minimum atomic E-state index is -1.04. The predicted octanol–water partition coefficient (Wildman–Crippen LogP) is 2.96. The molecule has 3 aromatic rings. The Bertz CT molecular complexity index is 1020. The van der Waals surface area contributed by atoms with Crippen LogP contribution in [0.1, 0.15) is 46.8 Å². The minimum absolute atomic E-state index is 0.115. The van der Waals surface area contributed by atoms with Crippen molar-refractivity contribution in [1.29, 1.82) is 0 Å². The van der Waals surface area contributed by atoms with Gasteiger partial charge in [-0.2, -0.15) is 5.10 Å². The van der Waals surface area contributed by atoms with Gasteiger partial charge in [0, 0.05) is 18.6 Å². The summed E-state index contributed by atoms with van der Waals surface area (Å²) in [7, 11) is 0. The molecule has 2 aromatic heterocycles. The van der Waals surface area contributed by atoms with Gasteiger partial charge in [-0.3, -0.25) is 9.78 Å². The number of aromatic nitrogens is 3. The largest absolute Gasteiger partial charge is 0.480 e. The number of carboxylic acids is 1. The number of carbonyl (C=O) groups is 2. The van der Waals surface area contributed by atoms with E-state index in [9.17, 15) is 14.7 Å². The highest BCUT2D eigenvalue weighted by Crippen LogP contribution is 2.34. The van der Waals surface area contributed by atoms with Crippen LogP contribution in [-0.4, -0.2) is 37.8 Å². The molecule has 4 rings (SSSR count). The van der Waals surface area contributed by atoms with Crippen LogP contribution in [0.2, 0.25) is 0 Å². The molecule has 1 aliphatic rings. The second kappa shape index (κ2) is 8.26. The molecule has 2 atom stereocenters.